The van der Waals surface area contributed by atoms with Crippen LogP contribution in [0.4, 0.5) is 11.4 Å². The molecule has 0 saturated carbocycles. The highest BCUT2D eigenvalue weighted by Crippen LogP contribution is 2.51. The van der Waals surface area contributed by atoms with E-state index in [-0.39, 0.29) is 16.6 Å². The van der Waals surface area contributed by atoms with Crippen LogP contribution in [-0.4, -0.2) is 62.8 Å². The zero-order valence-electron chi connectivity index (χ0n) is 37.1. The lowest BCUT2D eigenvalue weighted by atomic mass is 9.79. The van der Waals surface area contributed by atoms with Crippen LogP contribution >= 0.6 is 0 Å². The van der Waals surface area contributed by atoms with Gasteiger partial charge in [0.25, 0.3) is 10.1 Å². The number of anilines is 1. The van der Waals surface area contributed by atoms with Gasteiger partial charge in [-0.2, -0.15) is 17.3 Å². The normalized spacial score (nSPS) is 19.5. The summed E-state index contributed by atoms with van der Waals surface area (Å²) in [6, 6.07) is 26.2. The second kappa shape index (κ2) is 17.0. The Bertz CT molecular complexity index is 2570. The van der Waals surface area contributed by atoms with Crippen molar-refractivity contribution < 1.29 is 22.1 Å². The van der Waals surface area contributed by atoms with Gasteiger partial charge < -0.3 is 9.45 Å². The quantitative estimate of drug-likeness (QED) is 0.0589. The van der Waals surface area contributed by atoms with E-state index in [0.717, 1.165) is 54.9 Å². The topological polar surface area (TPSA) is 86.9 Å². The highest BCUT2D eigenvalue weighted by molar-refractivity contribution is 7.90. The average Bonchev–Trinajstić information content (AvgIpc) is 3.77. The molecule has 1 atom stereocenters. The van der Waals surface area contributed by atoms with Crippen LogP contribution in [0.25, 0.3) is 21.5 Å². The van der Waals surface area contributed by atoms with E-state index in [9.17, 15) is 17.5 Å². The maximum absolute atomic E-state index is 14.2. The summed E-state index contributed by atoms with van der Waals surface area (Å²) in [6.07, 6.45) is 15.2. The summed E-state index contributed by atoms with van der Waals surface area (Å²) >= 11 is -1.30. The Labute approximate surface area is 362 Å². The first-order valence-electron chi connectivity index (χ1n) is 21.8. The van der Waals surface area contributed by atoms with Gasteiger partial charge in [0, 0.05) is 47.5 Å². The molecule has 3 aliphatic rings. The number of fused-ring (bicyclic) bond motifs is 6. The van der Waals surface area contributed by atoms with Gasteiger partial charge in [-0.3, -0.25) is 4.55 Å². The van der Waals surface area contributed by atoms with Gasteiger partial charge in [-0.15, -0.1) is 0 Å². The molecule has 60 heavy (non-hydrogen) atoms. The summed E-state index contributed by atoms with van der Waals surface area (Å²) in [4.78, 5) is 2.34. The molecule has 4 aromatic carbocycles. The third-order valence-corrected chi connectivity index (χ3v) is 15.3. The fourth-order valence-corrected chi connectivity index (χ4v) is 11.7. The van der Waals surface area contributed by atoms with Gasteiger partial charge in [0.05, 0.1) is 35.3 Å². The van der Waals surface area contributed by atoms with Crippen molar-refractivity contribution in [1.82, 2.24) is 4.31 Å². The molecule has 0 spiro atoms. The number of nitrogens with zero attached hydrogens (tertiary/aromatic N) is 3. The largest absolute Gasteiger partial charge is 0.593 e. The number of likely N-dealkylation sites (N-methyl/N-ethyl adjacent to an activating group) is 1. The third kappa shape index (κ3) is 8.40. The van der Waals surface area contributed by atoms with Crippen LogP contribution in [0.15, 0.2) is 120 Å². The van der Waals surface area contributed by atoms with Crippen LogP contribution < -0.4 is 4.90 Å². The van der Waals surface area contributed by atoms with E-state index >= 15 is 0 Å². The molecule has 0 bridgehead atoms. The third-order valence-electron chi connectivity index (χ3n) is 12.8. The molecule has 7 nitrogen and oxygen atoms in total. The van der Waals surface area contributed by atoms with Gasteiger partial charge in [-0.05, 0) is 123 Å². The van der Waals surface area contributed by atoms with Crippen LogP contribution in [0.3, 0.4) is 0 Å². The predicted octanol–water partition coefficient (Wildman–Crippen LogP) is 11.8. The van der Waals surface area contributed by atoms with E-state index in [1.165, 1.54) is 56.1 Å². The fraction of sp³-hybridized carbons (Fsp3) is 0.431. The average molecular weight is 847 g/mol. The first-order valence-corrected chi connectivity index (χ1v) is 24.5. The molecule has 7 rings (SSSR count). The molecular weight excluding hydrogens is 783 g/mol. The number of benzene rings is 4. The van der Waals surface area contributed by atoms with Crippen molar-refractivity contribution in [3.05, 3.63) is 131 Å². The molecule has 1 unspecified atom stereocenters. The number of allylic oxidation sites excluding steroid dienone is 7. The number of rotatable bonds is 14. The van der Waals surface area contributed by atoms with Gasteiger partial charge in [0.1, 0.15) is 11.3 Å². The Hall–Kier alpha value is -4.15. The van der Waals surface area contributed by atoms with E-state index in [1.54, 1.807) is 0 Å². The van der Waals surface area contributed by atoms with E-state index in [4.69, 9.17) is 0 Å². The molecule has 0 radical (unpaired) electrons. The van der Waals surface area contributed by atoms with Crippen molar-refractivity contribution in [2.45, 2.75) is 116 Å². The molecular formula is C51H64N3O4S2+. The molecule has 1 aliphatic carbocycles. The molecule has 9 heteroatoms. The van der Waals surface area contributed by atoms with Crippen molar-refractivity contribution in [3.8, 4) is 0 Å². The standard InChI is InChI=1S/C51H63N3O4S2/c1-10-11-16-33-53-42-29-25-36-19-12-14-21-40(36)46(42)50(5,6)44(53)31-27-38-23-24-39(48(38)52(9)59(55)49(2,3)4)28-32-45-51(7,8)47-41-22-15-13-20-37(41)26-30-43(47)54(45)34-17-18-35-60(56,57)58/h12-15,19-22,25-32H,10-11,16-18,23-24,33-35H2,1-9H3/p+1. The van der Waals surface area contributed by atoms with Crippen LogP contribution in [0.2, 0.25) is 0 Å². The van der Waals surface area contributed by atoms with E-state index in [2.05, 4.69) is 141 Å². The fourth-order valence-electron chi connectivity index (χ4n) is 9.92. The highest BCUT2D eigenvalue weighted by atomic mass is 32.2. The van der Waals surface area contributed by atoms with Crippen molar-refractivity contribution in [2.75, 3.05) is 30.8 Å². The molecule has 2 heterocycles. The van der Waals surface area contributed by atoms with Crippen LogP contribution in [0.5, 0.6) is 0 Å². The van der Waals surface area contributed by atoms with Crippen LogP contribution in [0.1, 0.15) is 111 Å². The van der Waals surface area contributed by atoms with E-state index < -0.39 is 26.2 Å². The van der Waals surface area contributed by atoms with Crippen molar-refractivity contribution >= 4 is 60.1 Å². The van der Waals surface area contributed by atoms with Gasteiger partial charge >= 0.3 is 0 Å². The summed E-state index contributed by atoms with van der Waals surface area (Å²) in [5.74, 6) is -0.255. The molecule has 0 fully saturated rings. The molecule has 1 N–H and O–H groups in total. The molecule has 4 aromatic rings. The van der Waals surface area contributed by atoms with Crippen molar-refractivity contribution in [2.24, 2.45) is 0 Å². The van der Waals surface area contributed by atoms with Gasteiger partial charge in [-0.25, -0.2) is 0 Å². The maximum Gasteiger partial charge on any atom is 0.264 e. The Morgan fingerprint density at radius 1 is 0.833 bits per heavy atom. The van der Waals surface area contributed by atoms with E-state index in [1.807, 2.05) is 32.1 Å². The summed E-state index contributed by atoms with van der Waals surface area (Å²) in [5.41, 5.74) is 10.2. The highest BCUT2D eigenvalue weighted by Gasteiger charge is 2.46. The Kier molecular flexibility index (Phi) is 12.4. The summed E-state index contributed by atoms with van der Waals surface area (Å²) < 4.78 is 51.0. The lowest BCUT2D eigenvalue weighted by molar-refractivity contribution is -0.438. The van der Waals surface area contributed by atoms with Crippen molar-refractivity contribution in [3.63, 3.8) is 0 Å². The zero-order chi connectivity index (χ0) is 43.2. The Morgan fingerprint density at radius 3 is 2.13 bits per heavy atom. The summed E-state index contributed by atoms with van der Waals surface area (Å²) in [7, 11) is -2.06. The predicted molar refractivity (Wildman–Crippen MR) is 253 cm³/mol. The minimum absolute atomic E-state index is 0.223. The minimum Gasteiger partial charge on any atom is -0.593 e. The van der Waals surface area contributed by atoms with Gasteiger partial charge in [0.15, 0.2) is 5.71 Å². The second-order valence-electron chi connectivity index (χ2n) is 18.8. The summed E-state index contributed by atoms with van der Waals surface area (Å²) in [5, 5.41) is 4.96. The van der Waals surface area contributed by atoms with Crippen LogP contribution in [-0.2, 0) is 32.3 Å². The zero-order valence-corrected chi connectivity index (χ0v) is 38.8. The first-order chi connectivity index (χ1) is 28.4. The van der Waals surface area contributed by atoms with Crippen LogP contribution in [0, 0.1) is 0 Å². The Morgan fingerprint density at radius 2 is 1.48 bits per heavy atom. The summed E-state index contributed by atoms with van der Waals surface area (Å²) in [6.45, 7) is 19.2. The molecule has 0 aromatic heterocycles. The first kappa shape index (κ1) is 43.9. The van der Waals surface area contributed by atoms with Crippen molar-refractivity contribution in [1.29, 1.82) is 0 Å². The molecule has 318 valence electrons. The minimum atomic E-state index is -4.04. The lowest BCUT2D eigenvalue weighted by Crippen LogP contribution is -2.40. The monoisotopic (exact) mass is 846 g/mol. The van der Waals surface area contributed by atoms with Gasteiger partial charge in [0.2, 0.25) is 5.69 Å². The second-order valence-corrected chi connectivity index (χ2v) is 22.7. The molecule has 0 saturated heterocycles. The lowest BCUT2D eigenvalue weighted by Gasteiger charge is -2.32. The van der Waals surface area contributed by atoms with E-state index in [0.29, 0.717) is 19.4 Å². The smallest absolute Gasteiger partial charge is 0.264 e. The SMILES string of the molecule is CCCCC[N+]1=C(/C=C/C2=C(N(C)[S+]([O-])C(C)(C)C)C(=C/C=C3/N(CCCCS(=O)(=O)O)c4ccc5ccccc5c4C3(C)C)/CC2)C(C)(C)c2c1ccc1ccccc21. The van der Waals surface area contributed by atoms with Gasteiger partial charge in [-0.1, -0.05) is 93.9 Å². The number of unbranched alkanes of at least 4 members (excludes halogenated alkanes) is 3. The maximum atomic E-state index is 14.2. The Balaban J connectivity index is 1.33. The number of hydrogen-bond donors (Lipinski definition) is 1. The molecule has 0 amide bonds. The number of hydrogen-bond acceptors (Lipinski definition) is 5. The molecule has 2 aliphatic heterocycles.